The van der Waals surface area contributed by atoms with Crippen LogP contribution in [-0.2, 0) is 17.8 Å². The number of carbonyl (C=O) groups excluding carboxylic acids is 1. The van der Waals surface area contributed by atoms with E-state index in [9.17, 15) is 4.79 Å². The second kappa shape index (κ2) is 6.27. The number of nitrogens with two attached hydrogens (primary N) is 1. The Morgan fingerprint density at radius 1 is 1.30 bits per heavy atom. The number of likely N-dealkylation sites (tertiary alicyclic amines) is 1. The van der Waals surface area contributed by atoms with Gasteiger partial charge in [0.2, 0.25) is 5.91 Å². The van der Waals surface area contributed by atoms with Crippen molar-refractivity contribution in [1.29, 1.82) is 0 Å². The third kappa shape index (κ3) is 3.16. The Hall–Kier alpha value is -1.36. The molecule has 1 aromatic rings. The maximum absolute atomic E-state index is 12.7. The van der Waals surface area contributed by atoms with Crippen molar-refractivity contribution in [1.82, 2.24) is 14.7 Å². The molecule has 1 aromatic heterocycles. The van der Waals surface area contributed by atoms with Gasteiger partial charge in [0.05, 0.1) is 12.1 Å². The molecule has 1 saturated carbocycles. The molecule has 1 aliphatic heterocycles. The van der Waals surface area contributed by atoms with E-state index < -0.39 is 0 Å². The third-order valence-electron chi connectivity index (χ3n) is 5.66. The van der Waals surface area contributed by atoms with Gasteiger partial charge in [-0.25, -0.2) is 0 Å². The molecule has 2 aliphatic rings. The van der Waals surface area contributed by atoms with Crippen LogP contribution in [0.5, 0.6) is 0 Å². The minimum atomic E-state index is 0.238. The number of nitrogens with zero attached hydrogens (tertiary/aromatic N) is 3. The van der Waals surface area contributed by atoms with Gasteiger partial charge in [0, 0.05) is 36.9 Å². The lowest BCUT2D eigenvalue weighted by Gasteiger charge is -2.19. The summed E-state index contributed by atoms with van der Waals surface area (Å²) in [6, 6.07) is 0.287. The summed E-state index contributed by atoms with van der Waals surface area (Å²) in [4.78, 5) is 14.8. The summed E-state index contributed by atoms with van der Waals surface area (Å²) >= 11 is 0. The van der Waals surface area contributed by atoms with E-state index in [1.807, 2.05) is 11.8 Å². The van der Waals surface area contributed by atoms with Crippen LogP contribution in [0, 0.1) is 31.6 Å². The number of amides is 1. The third-order valence-corrected chi connectivity index (χ3v) is 5.66. The first-order valence-electron chi connectivity index (χ1n) is 8.93. The standard InChI is InChI=1S/C18H30N4O/c1-11(2)8-22-13(4)15(12(3)20-22)7-18(23)21-9-14-5-6-17(19)16(14)10-21/h11,14,16-17H,5-10,19H2,1-4H3. The lowest BCUT2D eigenvalue weighted by molar-refractivity contribution is -0.129. The molecule has 3 atom stereocenters. The largest absolute Gasteiger partial charge is 0.342 e. The molecule has 23 heavy (non-hydrogen) atoms. The van der Waals surface area contributed by atoms with E-state index >= 15 is 0 Å². The van der Waals surface area contributed by atoms with Gasteiger partial charge in [0.1, 0.15) is 0 Å². The van der Waals surface area contributed by atoms with Gasteiger partial charge in [-0.15, -0.1) is 0 Å². The zero-order valence-electron chi connectivity index (χ0n) is 14.9. The molecule has 1 amide bonds. The SMILES string of the molecule is Cc1nn(CC(C)C)c(C)c1CC(=O)N1CC2CCC(N)C2C1. The highest BCUT2D eigenvalue weighted by atomic mass is 16.2. The Morgan fingerprint density at radius 2 is 2.04 bits per heavy atom. The van der Waals surface area contributed by atoms with Crippen molar-refractivity contribution in [3.05, 3.63) is 17.0 Å². The van der Waals surface area contributed by atoms with E-state index in [1.165, 1.54) is 6.42 Å². The van der Waals surface area contributed by atoms with Crippen LogP contribution in [0.25, 0.3) is 0 Å². The first kappa shape index (κ1) is 16.5. The van der Waals surface area contributed by atoms with Gasteiger partial charge in [-0.1, -0.05) is 13.8 Å². The Kier molecular flexibility index (Phi) is 4.50. The first-order valence-corrected chi connectivity index (χ1v) is 8.93. The van der Waals surface area contributed by atoms with Gasteiger partial charge in [-0.3, -0.25) is 9.48 Å². The van der Waals surface area contributed by atoms with Crippen molar-refractivity contribution in [3.63, 3.8) is 0 Å². The zero-order chi connectivity index (χ0) is 16.7. The van der Waals surface area contributed by atoms with Gasteiger partial charge in [-0.05, 0) is 44.4 Å². The van der Waals surface area contributed by atoms with E-state index in [-0.39, 0.29) is 11.9 Å². The maximum atomic E-state index is 12.7. The predicted octanol–water partition coefficient (Wildman–Crippen LogP) is 1.89. The number of fused-ring (bicyclic) bond motifs is 1. The van der Waals surface area contributed by atoms with Crippen LogP contribution in [-0.4, -0.2) is 39.7 Å². The van der Waals surface area contributed by atoms with Gasteiger partial charge in [-0.2, -0.15) is 5.10 Å². The molecule has 0 bridgehead atoms. The fourth-order valence-electron chi connectivity index (χ4n) is 4.29. The van der Waals surface area contributed by atoms with E-state index in [4.69, 9.17) is 5.73 Å². The van der Waals surface area contributed by atoms with Crippen LogP contribution >= 0.6 is 0 Å². The molecule has 5 nitrogen and oxygen atoms in total. The van der Waals surface area contributed by atoms with Crippen LogP contribution in [0.4, 0.5) is 0 Å². The summed E-state index contributed by atoms with van der Waals surface area (Å²) < 4.78 is 2.05. The second-order valence-electron chi connectivity index (χ2n) is 7.87. The summed E-state index contributed by atoms with van der Waals surface area (Å²) in [5.74, 6) is 1.93. The summed E-state index contributed by atoms with van der Waals surface area (Å²) in [5, 5.41) is 4.63. The Labute approximate surface area is 139 Å². The minimum absolute atomic E-state index is 0.238. The first-order chi connectivity index (χ1) is 10.9. The molecule has 1 aliphatic carbocycles. The minimum Gasteiger partial charge on any atom is -0.342 e. The number of hydrogen-bond donors (Lipinski definition) is 1. The van der Waals surface area contributed by atoms with Gasteiger partial charge in [0.25, 0.3) is 0 Å². The van der Waals surface area contributed by atoms with Gasteiger partial charge in [0.15, 0.2) is 0 Å². The van der Waals surface area contributed by atoms with E-state index in [0.29, 0.717) is 24.2 Å². The summed E-state index contributed by atoms with van der Waals surface area (Å²) in [6.07, 6.45) is 2.78. The van der Waals surface area contributed by atoms with Crippen molar-refractivity contribution in [3.8, 4) is 0 Å². The van der Waals surface area contributed by atoms with Crippen molar-refractivity contribution in [2.75, 3.05) is 13.1 Å². The van der Waals surface area contributed by atoms with Crippen molar-refractivity contribution in [2.24, 2.45) is 23.5 Å². The highest BCUT2D eigenvalue weighted by Crippen LogP contribution is 2.37. The lowest BCUT2D eigenvalue weighted by Crippen LogP contribution is -2.34. The van der Waals surface area contributed by atoms with Crippen LogP contribution < -0.4 is 5.73 Å². The fourth-order valence-corrected chi connectivity index (χ4v) is 4.29. The smallest absolute Gasteiger partial charge is 0.227 e. The molecule has 2 heterocycles. The fraction of sp³-hybridized carbons (Fsp3) is 0.778. The highest BCUT2D eigenvalue weighted by Gasteiger charge is 2.42. The van der Waals surface area contributed by atoms with E-state index in [2.05, 4.69) is 30.6 Å². The second-order valence-corrected chi connectivity index (χ2v) is 7.87. The highest BCUT2D eigenvalue weighted by molar-refractivity contribution is 5.79. The quantitative estimate of drug-likeness (QED) is 0.922. The zero-order valence-corrected chi connectivity index (χ0v) is 14.9. The number of aryl methyl sites for hydroxylation is 1. The van der Waals surface area contributed by atoms with Crippen molar-refractivity contribution >= 4 is 5.91 Å². The number of rotatable bonds is 4. The molecule has 2 N–H and O–H groups in total. The normalized spacial score (nSPS) is 27.0. The Balaban J connectivity index is 1.68. The Morgan fingerprint density at radius 3 is 2.70 bits per heavy atom. The molecule has 5 heteroatoms. The van der Waals surface area contributed by atoms with Crippen LogP contribution in [0.2, 0.25) is 0 Å². The molecule has 1 saturated heterocycles. The van der Waals surface area contributed by atoms with Gasteiger partial charge < -0.3 is 10.6 Å². The average molecular weight is 318 g/mol. The molecule has 0 aromatic carbocycles. The number of hydrogen-bond acceptors (Lipinski definition) is 3. The van der Waals surface area contributed by atoms with Gasteiger partial charge >= 0.3 is 0 Å². The maximum Gasteiger partial charge on any atom is 0.227 e. The topological polar surface area (TPSA) is 64.2 Å². The summed E-state index contributed by atoms with van der Waals surface area (Å²) in [7, 11) is 0. The lowest BCUT2D eigenvalue weighted by atomic mass is 9.98. The molecule has 0 radical (unpaired) electrons. The number of aromatic nitrogens is 2. The number of carbonyl (C=O) groups is 1. The molecular weight excluding hydrogens is 288 g/mol. The van der Waals surface area contributed by atoms with Crippen LogP contribution in [0.15, 0.2) is 0 Å². The molecule has 3 rings (SSSR count). The van der Waals surface area contributed by atoms with E-state index in [0.717, 1.165) is 43.0 Å². The molecular formula is C18H30N4O. The monoisotopic (exact) mass is 318 g/mol. The van der Waals surface area contributed by atoms with Crippen molar-refractivity contribution in [2.45, 2.75) is 59.5 Å². The molecule has 128 valence electrons. The predicted molar refractivity (Wildman–Crippen MR) is 91.0 cm³/mol. The summed E-state index contributed by atoms with van der Waals surface area (Å²) in [5.41, 5.74) is 9.42. The molecule has 3 unspecified atom stereocenters. The summed E-state index contributed by atoms with van der Waals surface area (Å²) in [6.45, 7) is 11.1. The Bertz CT molecular complexity index is 592. The van der Waals surface area contributed by atoms with Crippen LogP contribution in [0.3, 0.4) is 0 Å². The molecule has 2 fully saturated rings. The van der Waals surface area contributed by atoms with Crippen LogP contribution in [0.1, 0.15) is 43.6 Å². The van der Waals surface area contributed by atoms with E-state index in [1.54, 1.807) is 0 Å². The van der Waals surface area contributed by atoms with Crippen molar-refractivity contribution < 1.29 is 4.79 Å². The molecule has 0 spiro atoms. The average Bonchev–Trinajstić information content (AvgIpc) is 3.11.